The second kappa shape index (κ2) is 10.0. The summed E-state index contributed by atoms with van der Waals surface area (Å²) in [5.74, 6) is -0.526. The van der Waals surface area contributed by atoms with Crippen molar-refractivity contribution < 1.29 is 9.18 Å². The Labute approximate surface area is 189 Å². The van der Waals surface area contributed by atoms with E-state index in [9.17, 15) is 9.18 Å². The number of amides is 1. The monoisotopic (exact) mass is 431 g/mol. The van der Waals surface area contributed by atoms with Gasteiger partial charge in [-0.25, -0.2) is 4.98 Å². The van der Waals surface area contributed by atoms with Crippen molar-refractivity contribution in [3.05, 3.63) is 101 Å². The standard InChI is InChI=1S/C27H30FN3O/c1-19-14-22(17-29-26(19)28)18-31(2)27(32)23-10-8-21(9-11-23)16-25-13-12-24(30-25)15-20-6-4-3-5-7-20/h3-11,14,17,24-25,30H,12-13,15-16,18H2,1-2H3/t24-,25+/m1/s1. The summed E-state index contributed by atoms with van der Waals surface area (Å²) in [6, 6.07) is 21.3. The topological polar surface area (TPSA) is 45.2 Å². The van der Waals surface area contributed by atoms with E-state index >= 15 is 0 Å². The SMILES string of the molecule is Cc1cc(CN(C)C(=O)c2ccc(C[C@@H]3CC[C@H](Cc4ccccc4)N3)cc2)cnc1F. The van der Waals surface area contributed by atoms with Gasteiger partial charge in [-0.05, 0) is 67.5 Å². The van der Waals surface area contributed by atoms with E-state index in [0.717, 1.165) is 18.4 Å². The number of pyridine rings is 1. The number of benzene rings is 2. The molecule has 1 aliphatic rings. The third kappa shape index (κ3) is 5.60. The number of hydrogen-bond donors (Lipinski definition) is 1. The van der Waals surface area contributed by atoms with Crippen LogP contribution in [0.2, 0.25) is 0 Å². The fraction of sp³-hybridized carbons (Fsp3) is 0.333. The van der Waals surface area contributed by atoms with Gasteiger partial charge in [-0.1, -0.05) is 42.5 Å². The van der Waals surface area contributed by atoms with Gasteiger partial charge in [0.25, 0.3) is 5.91 Å². The van der Waals surface area contributed by atoms with Gasteiger partial charge in [0.2, 0.25) is 5.95 Å². The summed E-state index contributed by atoms with van der Waals surface area (Å²) < 4.78 is 13.4. The molecule has 3 aromatic rings. The molecule has 4 rings (SSSR count). The lowest BCUT2D eigenvalue weighted by Crippen LogP contribution is -2.32. The Balaban J connectivity index is 1.29. The molecule has 2 heterocycles. The third-order valence-electron chi connectivity index (χ3n) is 6.18. The highest BCUT2D eigenvalue weighted by molar-refractivity contribution is 5.94. The minimum absolute atomic E-state index is 0.0551. The van der Waals surface area contributed by atoms with Crippen LogP contribution in [-0.2, 0) is 19.4 Å². The Morgan fingerprint density at radius 3 is 2.25 bits per heavy atom. The molecule has 4 nitrogen and oxygen atoms in total. The molecule has 0 saturated carbocycles. The molecule has 166 valence electrons. The molecule has 1 aliphatic heterocycles. The van der Waals surface area contributed by atoms with Gasteiger partial charge in [-0.15, -0.1) is 0 Å². The molecule has 1 fully saturated rings. The highest BCUT2D eigenvalue weighted by Gasteiger charge is 2.24. The van der Waals surface area contributed by atoms with Crippen LogP contribution in [0.3, 0.4) is 0 Å². The van der Waals surface area contributed by atoms with Crippen LogP contribution >= 0.6 is 0 Å². The summed E-state index contributed by atoms with van der Waals surface area (Å²) in [5, 5.41) is 3.77. The zero-order valence-corrected chi connectivity index (χ0v) is 18.7. The Morgan fingerprint density at radius 2 is 1.62 bits per heavy atom. The number of nitrogens with zero attached hydrogens (tertiary/aromatic N) is 2. The number of nitrogens with one attached hydrogen (secondary N) is 1. The molecule has 0 bridgehead atoms. The van der Waals surface area contributed by atoms with E-state index in [1.54, 1.807) is 24.9 Å². The van der Waals surface area contributed by atoms with Crippen molar-refractivity contribution >= 4 is 5.91 Å². The molecule has 32 heavy (non-hydrogen) atoms. The van der Waals surface area contributed by atoms with Gasteiger partial charge in [0.1, 0.15) is 0 Å². The van der Waals surface area contributed by atoms with Crippen LogP contribution < -0.4 is 5.32 Å². The normalized spacial score (nSPS) is 18.0. The van der Waals surface area contributed by atoms with Crippen molar-refractivity contribution in [2.24, 2.45) is 0 Å². The van der Waals surface area contributed by atoms with Gasteiger partial charge in [0.15, 0.2) is 0 Å². The highest BCUT2D eigenvalue weighted by Crippen LogP contribution is 2.20. The van der Waals surface area contributed by atoms with E-state index < -0.39 is 5.95 Å². The first-order valence-corrected chi connectivity index (χ1v) is 11.2. The highest BCUT2D eigenvalue weighted by atomic mass is 19.1. The first-order valence-electron chi connectivity index (χ1n) is 11.2. The van der Waals surface area contributed by atoms with Crippen molar-refractivity contribution in [3.8, 4) is 0 Å². The molecule has 2 atom stereocenters. The van der Waals surface area contributed by atoms with E-state index in [2.05, 4.69) is 52.8 Å². The average Bonchev–Trinajstić information content (AvgIpc) is 3.23. The molecule has 2 aromatic carbocycles. The summed E-state index contributed by atoms with van der Waals surface area (Å²) in [7, 11) is 1.75. The summed E-state index contributed by atoms with van der Waals surface area (Å²) in [6.07, 6.45) is 5.88. The predicted octanol–water partition coefficient (Wildman–Crippen LogP) is 4.71. The lowest BCUT2D eigenvalue weighted by molar-refractivity contribution is 0.0785. The van der Waals surface area contributed by atoms with Crippen molar-refractivity contribution in [3.63, 3.8) is 0 Å². The molecule has 1 aromatic heterocycles. The van der Waals surface area contributed by atoms with Crippen LogP contribution in [-0.4, -0.2) is 34.9 Å². The Bertz CT molecular complexity index is 1050. The summed E-state index contributed by atoms with van der Waals surface area (Å²) in [6.45, 7) is 2.07. The van der Waals surface area contributed by atoms with Crippen LogP contribution in [0.15, 0.2) is 66.9 Å². The second-order valence-corrected chi connectivity index (χ2v) is 8.84. The van der Waals surface area contributed by atoms with Gasteiger partial charge in [-0.2, -0.15) is 4.39 Å². The van der Waals surface area contributed by atoms with Gasteiger partial charge in [0.05, 0.1) is 0 Å². The molecular weight excluding hydrogens is 401 g/mol. The minimum atomic E-state index is -0.471. The lowest BCUT2D eigenvalue weighted by atomic mass is 10.0. The fourth-order valence-electron chi connectivity index (χ4n) is 4.46. The maximum absolute atomic E-state index is 13.4. The summed E-state index contributed by atoms with van der Waals surface area (Å²) >= 11 is 0. The van der Waals surface area contributed by atoms with E-state index in [0.29, 0.717) is 29.8 Å². The number of aromatic nitrogens is 1. The molecule has 1 amide bonds. The number of aryl methyl sites for hydroxylation is 1. The number of hydrogen-bond acceptors (Lipinski definition) is 3. The van der Waals surface area contributed by atoms with Crippen LogP contribution in [0.25, 0.3) is 0 Å². The quantitative estimate of drug-likeness (QED) is 0.551. The van der Waals surface area contributed by atoms with Crippen molar-refractivity contribution in [2.75, 3.05) is 7.05 Å². The first kappa shape index (κ1) is 22.2. The molecule has 5 heteroatoms. The van der Waals surface area contributed by atoms with Gasteiger partial charge >= 0.3 is 0 Å². The molecule has 0 radical (unpaired) electrons. The van der Waals surface area contributed by atoms with Crippen LogP contribution in [0.4, 0.5) is 4.39 Å². The maximum Gasteiger partial charge on any atom is 0.253 e. The smallest absolute Gasteiger partial charge is 0.253 e. The van der Waals surface area contributed by atoms with E-state index in [1.165, 1.54) is 30.2 Å². The Kier molecular flexibility index (Phi) is 6.96. The number of carbonyl (C=O) groups excluding carboxylic acids is 1. The first-order chi connectivity index (χ1) is 15.5. The van der Waals surface area contributed by atoms with E-state index in [4.69, 9.17) is 0 Å². The molecule has 1 N–H and O–H groups in total. The number of rotatable bonds is 7. The molecule has 1 saturated heterocycles. The molecular formula is C27H30FN3O. The molecule has 0 unspecified atom stereocenters. The largest absolute Gasteiger partial charge is 0.337 e. The minimum Gasteiger partial charge on any atom is -0.337 e. The predicted molar refractivity (Wildman–Crippen MR) is 125 cm³/mol. The van der Waals surface area contributed by atoms with Gasteiger partial charge in [-0.3, -0.25) is 4.79 Å². The van der Waals surface area contributed by atoms with E-state index in [1.807, 2.05) is 12.1 Å². The van der Waals surface area contributed by atoms with Crippen molar-refractivity contribution in [2.45, 2.75) is 51.2 Å². The van der Waals surface area contributed by atoms with Crippen LogP contribution in [0.1, 0.15) is 45.5 Å². The van der Waals surface area contributed by atoms with Crippen molar-refractivity contribution in [1.29, 1.82) is 0 Å². The molecule has 0 spiro atoms. The zero-order chi connectivity index (χ0) is 22.5. The fourth-order valence-corrected chi connectivity index (χ4v) is 4.46. The van der Waals surface area contributed by atoms with Gasteiger partial charge in [0, 0.05) is 43.0 Å². The van der Waals surface area contributed by atoms with Crippen LogP contribution in [0.5, 0.6) is 0 Å². The summed E-state index contributed by atoms with van der Waals surface area (Å²) in [5.41, 5.74) is 4.57. The third-order valence-corrected chi connectivity index (χ3v) is 6.18. The Morgan fingerprint density at radius 1 is 1.00 bits per heavy atom. The zero-order valence-electron chi connectivity index (χ0n) is 18.7. The number of halogens is 1. The lowest BCUT2D eigenvalue weighted by Gasteiger charge is -2.18. The van der Waals surface area contributed by atoms with E-state index in [-0.39, 0.29) is 5.91 Å². The van der Waals surface area contributed by atoms with Crippen molar-refractivity contribution in [1.82, 2.24) is 15.2 Å². The molecule has 0 aliphatic carbocycles. The average molecular weight is 432 g/mol. The van der Waals surface area contributed by atoms with Gasteiger partial charge < -0.3 is 10.2 Å². The maximum atomic E-state index is 13.4. The summed E-state index contributed by atoms with van der Waals surface area (Å²) in [4.78, 5) is 18.2. The Hall–Kier alpha value is -3.05. The second-order valence-electron chi connectivity index (χ2n) is 8.84. The number of carbonyl (C=O) groups is 1. The van der Waals surface area contributed by atoms with Crippen LogP contribution in [0, 0.1) is 12.9 Å².